The number of amides is 1. The molecule has 6 nitrogen and oxygen atoms in total. The van der Waals surface area contributed by atoms with Crippen LogP contribution < -0.4 is 9.62 Å². The number of nitrogens with zero attached hydrogens (tertiary/aromatic N) is 2. The van der Waals surface area contributed by atoms with Crippen LogP contribution in [0.3, 0.4) is 0 Å². The minimum absolute atomic E-state index is 0.147. The Kier molecular flexibility index (Phi) is 5.68. The Morgan fingerprint density at radius 1 is 1.10 bits per heavy atom. The highest BCUT2D eigenvalue weighted by Gasteiger charge is 2.46. The number of hydrogen-bond donors (Lipinski definition) is 1. The third kappa shape index (κ3) is 4.20. The highest BCUT2D eigenvalue weighted by molar-refractivity contribution is 7.93. The van der Waals surface area contributed by atoms with Gasteiger partial charge < -0.3 is 9.80 Å². The number of alkyl halides is 3. The molecule has 0 spiro atoms. The van der Waals surface area contributed by atoms with E-state index in [1.54, 1.807) is 19.0 Å². The van der Waals surface area contributed by atoms with Crippen LogP contribution in [0.1, 0.15) is 21.5 Å². The summed E-state index contributed by atoms with van der Waals surface area (Å²) in [5.74, 6) is -0.786. The molecular weight excluding hydrogens is 426 g/mol. The second kappa shape index (κ2) is 7.78. The Balaban J connectivity index is 1.79. The maximum absolute atomic E-state index is 14.2. The summed E-state index contributed by atoms with van der Waals surface area (Å²) in [6.45, 7) is 0.427. The first-order valence-electron chi connectivity index (χ1n) is 8.86. The van der Waals surface area contributed by atoms with E-state index in [9.17, 15) is 30.8 Å². The van der Waals surface area contributed by atoms with Crippen LogP contribution in [0.25, 0.3) is 0 Å². The van der Waals surface area contributed by atoms with Gasteiger partial charge in [0, 0.05) is 44.1 Å². The van der Waals surface area contributed by atoms with Crippen molar-refractivity contribution in [1.82, 2.24) is 4.90 Å². The summed E-state index contributed by atoms with van der Waals surface area (Å²) >= 11 is 0. The van der Waals surface area contributed by atoms with E-state index in [2.05, 4.69) is 0 Å². The summed E-state index contributed by atoms with van der Waals surface area (Å²) < 4.78 is 75.4. The molecule has 1 N–H and O–H groups in total. The van der Waals surface area contributed by atoms with Gasteiger partial charge in [0.1, 0.15) is 5.82 Å². The molecule has 2 aromatic rings. The topological polar surface area (TPSA) is 69.7 Å². The van der Waals surface area contributed by atoms with Crippen molar-refractivity contribution >= 4 is 27.3 Å². The number of carbonyl (C=O) groups is 1. The first-order chi connectivity index (χ1) is 13.9. The Morgan fingerprint density at radius 2 is 1.73 bits per heavy atom. The fraction of sp³-hybridized carbons (Fsp3) is 0.316. The number of hydrogen-bond acceptors (Lipinski definition) is 4. The molecule has 11 heteroatoms. The molecule has 3 rings (SSSR count). The fourth-order valence-electron chi connectivity index (χ4n) is 3.23. The molecule has 0 fully saturated rings. The minimum atomic E-state index is -5.50. The molecule has 0 aromatic heterocycles. The molecular formula is C19H19F4N3O3S. The van der Waals surface area contributed by atoms with Gasteiger partial charge in [-0.3, -0.25) is 9.52 Å². The molecule has 1 amide bonds. The van der Waals surface area contributed by atoms with Crippen molar-refractivity contribution in [2.45, 2.75) is 18.5 Å². The zero-order chi connectivity index (χ0) is 22.3. The second-order valence-electron chi connectivity index (χ2n) is 7.04. The van der Waals surface area contributed by atoms with Crippen LogP contribution in [0.5, 0.6) is 0 Å². The molecule has 30 heavy (non-hydrogen) atoms. The van der Waals surface area contributed by atoms with Crippen LogP contribution in [-0.4, -0.2) is 45.4 Å². The number of carbonyl (C=O) groups excluding carboxylic acids is 1. The van der Waals surface area contributed by atoms with E-state index in [0.29, 0.717) is 28.8 Å². The van der Waals surface area contributed by atoms with E-state index in [1.165, 1.54) is 46.0 Å². The maximum Gasteiger partial charge on any atom is 0.516 e. The number of benzene rings is 2. The number of halogens is 4. The quantitative estimate of drug-likeness (QED) is 0.717. The zero-order valence-corrected chi connectivity index (χ0v) is 16.9. The minimum Gasteiger partial charge on any atom is -0.377 e. The Bertz CT molecular complexity index is 1070. The van der Waals surface area contributed by atoms with Gasteiger partial charge in [-0.1, -0.05) is 12.1 Å². The van der Waals surface area contributed by atoms with E-state index in [4.69, 9.17) is 0 Å². The predicted octanol–water partition coefficient (Wildman–Crippen LogP) is 3.35. The zero-order valence-electron chi connectivity index (χ0n) is 16.1. The van der Waals surface area contributed by atoms with Crippen molar-refractivity contribution in [3.63, 3.8) is 0 Å². The summed E-state index contributed by atoms with van der Waals surface area (Å²) in [6.07, 6.45) is 0.331. The Hall–Kier alpha value is -2.82. The molecule has 1 aliphatic rings. The van der Waals surface area contributed by atoms with Crippen LogP contribution in [0.2, 0.25) is 0 Å². The van der Waals surface area contributed by atoms with Crippen molar-refractivity contribution in [3.05, 3.63) is 58.9 Å². The van der Waals surface area contributed by atoms with Gasteiger partial charge in [0.15, 0.2) is 0 Å². The van der Waals surface area contributed by atoms with Gasteiger partial charge in [0.2, 0.25) is 0 Å². The first kappa shape index (κ1) is 21.9. The van der Waals surface area contributed by atoms with E-state index in [-0.39, 0.29) is 24.7 Å². The average Bonchev–Trinajstić information content (AvgIpc) is 2.64. The molecule has 0 saturated carbocycles. The fourth-order valence-corrected chi connectivity index (χ4v) is 3.80. The van der Waals surface area contributed by atoms with Gasteiger partial charge in [0.25, 0.3) is 5.91 Å². The number of sulfonamides is 1. The number of nitrogens with one attached hydrogen (secondary N) is 1. The lowest BCUT2D eigenvalue weighted by molar-refractivity contribution is -0.0429. The lowest BCUT2D eigenvalue weighted by atomic mass is 9.95. The van der Waals surface area contributed by atoms with Crippen LogP contribution in [0.15, 0.2) is 36.4 Å². The number of rotatable bonds is 5. The summed E-state index contributed by atoms with van der Waals surface area (Å²) in [4.78, 5) is 16.2. The van der Waals surface area contributed by atoms with Gasteiger partial charge in [-0.25, -0.2) is 4.39 Å². The third-order valence-electron chi connectivity index (χ3n) is 4.73. The summed E-state index contributed by atoms with van der Waals surface area (Å²) in [5.41, 5.74) is -3.83. The number of fused-ring (bicyclic) bond motifs is 1. The van der Waals surface area contributed by atoms with Crippen molar-refractivity contribution in [3.8, 4) is 0 Å². The first-order valence-corrected chi connectivity index (χ1v) is 10.3. The average molecular weight is 445 g/mol. The predicted molar refractivity (Wildman–Crippen MR) is 104 cm³/mol. The van der Waals surface area contributed by atoms with E-state index in [1.807, 2.05) is 0 Å². The van der Waals surface area contributed by atoms with Crippen molar-refractivity contribution < 1.29 is 30.8 Å². The highest BCUT2D eigenvalue weighted by atomic mass is 32.2. The molecule has 162 valence electrons. The van der Waals surface area contributed by atoms with E-state index in [0.717, 1.165) is 0 Å². The second-order valence-corrected chi connectivity index (χ2v) is 8.71. The van der Waals surface area contributed by atoms with Gasteiger partial charge >= 0.3 is 15.5 Å². The van der Waals surface area contributed by atoms with Gasteiger partial charge in [-0.05, 0) is 36.2 Å². The summed E-state index contributed by atoms with van der Waals surface area (Å²) in [7, 11) is -2.00. The largest absolute Gasteiger partial charge is 0.516 e. The lowest BCUT2D eigenvalue weighted by Gasteiger charge is -2.31. The third-order valence-corrected chi connectivity index (χ3v) is 5.85. The highest BCUT2D eigenvalue weighted by Crippen LogP contribution is 2.31. The maximum atomic E-state index is 14.2. The molecule has 0 unspecified atom stereocenters. The molecule has 0 bridgehead atoms. The van der Waals surface area contributed by atoms with Gasteiger partial charge in [0.05, 0.1) is 5.56 Å². The number of anilines is 2. The molecule has 2 aromatic carbocycles. The normalized spacial score (nSPS) is 14.5. The smallest absolute Gasteiger partial charge is 0.377 e. The van der Waals surface area contributed by atoms with Crippen molar-refractivity contribution in [2.24, 2.45) is 0 Å². The monoisotopic (exact) mass is 445 g/mol. The van der Waals surface area contributed by atoms with Crippen LogP contribution in [0, 0.1) is 5.82 Å². The summed E-state index contributed by atoms with van der Waals surface area (Å²) in [5, 5.41) is 0. The SMILES string of the molecule is CN(C)c1ccc(F)c2c1C(=O)N(Cc1ccc(NS(=O)(=O)C(F)(F)F)cc1)CC2. The molecule has 0 radical (unpaired) electrons. The van der Waals surface area contributed by atoms with Gasteiger partial charge in [-0.15, -0.1) is 0 Å². The van der Waals surface area contributed by atoms with Crippen LogP contribution in [-0.2, 0) is 23.0 Å². The standard InChI is InChI=1S/C19H19F4N3O3S/c1-25(2)16-8-7-15(20)14-9-10-26(18(27)17(14)16)11-12-3-5-13(6-4-12)24-30(28,29)19(21,22)23/h3-8,24H,9-11H2,1-2H3. The van der Waals surface area contributed by atoms with Crippen LogP contribution in [0.4, 0.5) is 28.9 Å². The van der Waals surface area contributed by atoms with Gasteiger partial charge in [-0.2, -0.15) is 21.6 Å². The Labute approximate surface area is 171 Å². The summed E-state index contributed by atoms with van der Waals surface area (Å²) in [6, 6.07) is 8.09. The molecule has 1 aliphatic heterocycles. The van der Waals surface area contributed by atoms with Crippen molar-refractivity contribution in [1.29, 1.82) is 0 Å². The molecule has 0 atom stereocenters. The van der Waals surface area contributed by atoms with E-state index >= 15 is 0 Å². The molecule has 0 aliphatic carbocycles. The van der Waals surface area contributed by atoms with E-state index < -0.39 is 21.3 Å². The lowest BCUT2D eigenvalue weighted by Crippen LogP contribution is -2.38. The Morgan fingerprint density at radius 3 is 2.30 bits per heavy atom. The molecule has 0 saturated heterocycles. The van der Waals surface area contributed by atoms with Crippen molar-refractivity contribution in [2.75, 3.05) is 30.3 Å². The van der Waals surface area contributed by atoms with Crippen LogP contribution >= 0.6 is 0 Å². The molecule has 1 heterocycles.